The molecule has 0 heterocycles. The summed E-state index contributed by atoms with van der Waals surface area (Å²) in [7, 11) is 1.59. The van der Waals surface area contributed by atoms with Crippen molar-refractivity contribution in [2.45, 2.75) is 51.1 Å². The molecule has 4 heteroatoms. The average molecular weight is 293 g/mol. The Morgan fingerprint density at radius 1 is 1.29 bits per heavy atom. The van der Waals surface area contributed by atoms with E-state index in [9.17, 15) is 10.2 Å². The number of aliphatic hydroxyl groups excluding tert-OH is 1. The van der Waals surface area contributed by atoms with Crippen molar-refractivity contribution in [2.75, 3.05) is 13.7 Å². The molecule has 0 amide bonds. The number of aromatic hydroxyl groups is 1. The molecule has 3 N–H and O–H groups in total. The van der Waals surface area contributed by atoms with E-state index in [2.05, 4.69) is 5.32 Å². The standard InChI is InChI=1S/C17H27NO3/c1-21-15-8-7-14(17(20)11-15)12-18-16(9-10-19)13-5-3-2-4-6-13/h7-8,11,13,16,18-20H,2-6,9-10,12H2,1H3. The smallest absolute Gasteiger partial charge is 0.123 e. The molecule has 0 radical (unpaired) electrons. The van der Waals surface area contributed by atoms with Gasteiger partial charge in [-0.05, 0) is 31.2 Å². The van der Waals surface area contributed by atoms with Crippen molar-refractivity contribution < 1.29 is 14.9 Å². The predicted molar refractivity (Wildman–Crippen MR) is 83.6 cm³/mol. The third kappa shape index (κ3) is 4.61. The molecule has 4 nitrogen and oxygen atoms in total. The molecule has 0 spiro atoms. The van der Waals surface area contributed by atoms with E-state index in [1.165, 1.54) is 32.1 Å². The van der Waals surface area contributed by atoms with Gasteiger partial charge in [0.2, 0.25) is 0 Å². The Hall–Kier alpha value is -1.26. The number of methoxy groups -OCH3 is 1. The molecule has 1 aliphatic rings. The first-order chi connectivity index (χ1) is 10.2. The van der Waals surface area contributed by atoms with Crippen molar-refractivity contribution in [2.24, 2.45) is 5.92 Å². The monoisotopic (exact) mass is 293 g/mol. The zero-order chi connectivity index (χ0) is 15.1. The largest absolute Gasteiger partial charge is 0.507 e. The highest BCUT2D eigenvalue weighted by atomic mass is 16.5. The van der Waals surface area contributed by atoms with Crippen LogP contribution in [-0.2, 0) is 6.54 Å². The quantitative estimate of drug-likeness (QED) is 0.723. The van der Waals surface area contributed by atoms with Crippen LogP contribution in [-0.4, -0.2) is 30.0 Å². The zero-order valence-electron chi connectivity index (χ0n) is 12.8. The molecule has 1 atom stereocenters. The first kappa shape index (κ1) is 16.1. The lowest BCUT2D eigenvalue weighted by atomic mass is 9.82. The minimum Gasteiger partial charge on any atom is -0.507 e. The van der Waals surface area contributed by atoms with Gasteiger partial charge in [0.15, 0.2) is 0 Å². The van der Waals surface area contributed by atoms with Gasteiger partial charge in [-0.1, -0.05) is 25.3 Å². The van der Waals surface area contributed by atoms with E-state index in [-0.39, 0.29) is 12.4 Å². The molecule has 1 aliphatic carbocycles. The molecule has 0 aliphatic heterocycles. The second-order valence-corrected chi connectivity index (χ2v) is 5.89. The third-order valence-electron chi connectivity index (χ3n) is 4.51. The fourth-order valence-corrected chi connectivity index (χ4v) is 3.24. The summed E-state index contributed by atoms with van der Waals surface area (Å²) in [6.45, 7) is 0.833. The number of phenolic OH excluding ortho intramolecular Hbond substituents is 1. The van der Waals surface area contributed by atoms with Crippen LogP contribution >= 0.6 is 0 Å². The molecule has 1 aromatic carbocycles. The number of rotatable bonds is 7. The Balaban J connectivity index is 1.94. The molecule has 1 unspecified atom stereocenters. The van der Waals surface area contributed by atoms with Gasteiger partial charge in [-0.15, -0.1) is 0 Å². The fraction of sp³-hybridized carbons (Fsp3) is 0.647. The molecule has 0 bridgehead atoms. The Labute approximate surface area is 127 Å². The molecule has 1 saturated carbocycles. The molecule has 0 saturated heterocycles. The van der Waals surface area contributed by atoms with Crippen LogP contribution in [0.25, 0.3) is 0 Å². The summed E-state index contributed by atoms with van der Waals surface area (Å²) < 4.78 is 5.10. The Morgan fingerprint density at radius 3 is 2.67 bits per heavy atom. The van der Waals surface area contributed by atoms with Crippen molar-refractivity contribution in [1.82, 2.24) is 5.32 Å². The van der Waals surface area contributed by atoms with E-state index in [0.717, 1.165) is 12.0 Å². The maximum Gasteiger partial charge on any atom is 0.123 e. The number of benzene rings is 1. The van der Waals surface area contributed by atoms with Crippen LogP contribution in [0.15, 0.2) is 18.2 Å². The van der Waals surface area contributed by atoms with Crippen LogP contribution < -0.4 is 10.1 Å². The second kappa shape index (κ2) is 8.25. The van der Waals surface area contributed by atoms with Crippen molar-refractivity contribution in [3.05, 3.63) is 23.8 Å². The van der Waals surface area contributed by atoms with Crippen LogP contribution in [0.5, 0.6) is 11.5 Å². The topological polar surface area (TPSA) is 61.7 Å². The van der Waals surface area contributed by atoms with Crippen LogP contribution in [0.1, 0.15) is 44.1 Å². The number of aliphatic hydroxyl groups is 1. The summed E-state index contributed by atoms with van der Waals surface area (Å²) in [6.07, 6.45) is 7.19. The number of nitrogens with one attached hydrogen (secondary N) is 1. The second-order valence-electron chi connectivity index (χ2n) is 5.89. The van der Waals surface area contributed by atoms with E-state index < -0.39 is 0 Å². The van der Waals surface area contributed by atoms with Gasteiger partial charge < -0.3 is 20.3 Å². The zero-order valence-corrected chi connectivity index (χ0v) is 12.8. The third-order valence-corrected chi connectivity index (χ3v) is 4.51. The lowest BCUT2D eigenvalue weighted by molar-refractivity contribution is 0.205. The predicted octanol–water partition coefficient (Wildman–Crippen LogP) is 2.82. The van der Waals surface area contributed by atoms with E-state index in [1.807, 2.05) is 12.1 Å². The van der Waals surface area contributed by atoms with Gasteiger partial charge in [0.05, 0.1) is 7.11 Å². The van der Waals surface area contributed by atoms with Crippen LogP contribution in [0.4, 0.5) is 0 Å². The van der Waals surface area contributed by atoms with Crippen molar-refractivity contribution >= 4 is 0 Å². The number of hydrogen-bond donors (Lipinski definition) is 3. The molecule has 0 aromatic heterocycles. The molecule has 21 heavy (non-hydrogen) atoms. The SMILES string of the molecule is COc1ccc(CNC(CCO)C2CCCCC2)c(O)c1. The van der Waals surface area contributed by atoms with Gasteiger partial charge in [0, 0.05) is 30.8 Å². The maximum atomic E-state index is 10.0. The Bertz CT molecular complexity index is 430. The summed E-state index contributed by atoms with van der Waals surface area (Å²) in [6, 6.07) is 5.71. The Kier molecular flexibility index (Phi) is 6.33. The first-order valence-corrected chi connectivity index (χ1v) is 7.94. The average Bonchev–Trinajstić information content (AvgIpc) is 2.53. The minimum atomic E-state index is 0.211. The summed E-state index contributed by atoms with van der Waals surface area (Å²) in [5.41, 5.74) is 0.870. The van der Waals surface area contributed by atoms with Gasteiger partial charge in [-0.25, -0.2) is 0 Å². The number of hydrogen-bond acceptors (Lipinski definition) is 4. The first-order valence-electron chi connectivity index (χ1n) is 7.94. The molecule has 118 valence electrons. The van der Waals surface area contributed by atoms with Gasteiger partial charge in [-0.3, -0.25) is 0 Å². The van der Waals surface area contributed by atoms with Crippen molar-refractivity contribution in [3.8, 4) is 11.5 Å². The molecule has 1 fully saturated rings. The number of phenols is 1. The van der Waals surface area contributed by atoms with Crippen LogP contribution in [0.3, 0.4) is 0 Å². The molecule has 1 aromatic rings. The summed E-state index contributed by atoms with van der Waals surface area (Å²) in [4.78, 5) is 0. The molecule has 2 rings (SSSR count). The van der Waals surface area contributed by atoms with Crippen molar-refractivity contribution in [3.63, 3.8) is 0 Å². The molecular formula is C17H27NO3. The van der Waals surface area contributed by atoms with E-state index in [4.69, 9.17) is 4.74 Å². The highest BCUT2D eigenvalue weighted by molar-refractivity contribution is 5.39. The van der Waals surface area contributed by atoms with Crippen molar-refractivity contribution in [1.29, 1.82) is 0 Å². The highest BCUT2D eigenvalue weighted by Crippen LogP contribution is 2.29. The van der Waals surface area contributed by atoms with E-state index in [1.54, 1.807) is 13.2 Å². The fourth-order valence-electron chi connectivity index (χ4n) is 3.24. The lowest BCUT2D eigenvalue weighted by Gasteiger charge is -2.31. The summed E-state index contributed by atoms with van der Waals surface area (Å²) in [5, 5.41) is 22.8. The summed E-state index contributed by atoms with van der Waals surface area (Å²) >= 11 is 0. The van der Waals surface area contributed by atoms with Gasteiger partial charge in [0.1, 0.15) is 11.5 Å². The maximum absolute atomic E-state index is 10.0. The van der Waals surface area contributed by atoms with Crippen LogP contribution in [0.2, 0.25) is 0 Å². The van der Waals surface area contributed by atoms with E-state index >= 15 is 0 Å². The van der Waals surface area contributed by atoms with Gasteiger partial charge in [-0.2, -0.15) is 0 Å². The minimum absolute atomic E-state index is 0.211. The number of ether oxygens (including phenoxy) is 1. The van der Waals surface area contributed by atoms with E-state index in [0.29, 0.717) is 24.3 Å². The van der Waals surface area contributed by atoms with Crippen LogP contribution in [0, 0.1) is 5.92 Å². The van der Waals surface area contributed by atoms with Gasteiger partial charge in [0.25, 0.3) is 0 Å². The highest BCUT2D eigenvalue weighted by Gasteiger charge is 2.23. The lowest BCUT2D eigenvalue weighted by Crippen LogP contribution is -2.37. The normalized spacial score (nSPS) is 17.6. The van der Waals surface area contributed by atoms with Gasteiger partial charge >= 0.3 is 0 Å². The molecular weight excluding hydrogens is 266 g/mol. The summed E-state index contributed by atoms with van der Waals surface area (Å²) in [5.74, 6) is 1.56. The Morgan fingerprint density at radius 2 is 2.05 bits per heavy atom.